The number of aliphatic hydroxyl groups excluding tert-OH is 1. The SMILES string of the molecule is O=C(OC[C@H]1O[C@H](O[C@H]2O[C@H](CO)[C@@H](OC(=O)c3ccccc3)[C@H](OC(=O)c3ccccc3)[C@H]2OC(=O)c2ccccc2)[C@H](OC(=O)c2ccccc2)[C@@H](OC(=O)c2ccccc2)[C@@H]1OC(=O)c1ccccc1)c1ccccc1. The molecule has 1 N–H and O–H groups in total. The molecule has 0 bridgehead atoms. The molecule has 2 aliphatic rings. The minimum atomic E-state index is -2.08. The standard InChI is InChI=1S/C61H50O18/c62-36-45-47(73-54(64)39-24-10-2-11-25-39)49(75-56(66)41-28-14-4-15-29-41)51(77-58(68)43-32-18-6-19-33-43)60(71-45)79-61-52(78-59(69)44-34-20-7-21-35-44)50(76-57(67)42-30-16-5-17-31-42)48(74-55(65)40-26-12-3-13-27-40)46(72-61)37-70-53(63)38-22-8-1-9-23-38/h1-35,45-52,60-62H,36-37H2/t45-,46-,47-,48-,49+,50+,51-,52-,60-,61-/m1/s1. The van der Waals surface area contributed by atoms with Gasteiger partial charge in [-0.25, -0.2) is 33.6 Å². The van der Waals surface area contributed by atoms with Crippen LogP contribution in [0.15, 0.2) is 212 Å². The van der Waals surface area contributed by atoms with E-state index in [-0.39, 0.29) is 38.9 Å². The van der Waals surface area contributed by atoms with Gasteiger partial charge >= 0.3 is 41.8 Å². The predicted octanol–water partition coefficient (Wildman–Crippen LogP) is 7.66. The number of ether oxygens (including phenoxy) is 10. The Morgan fingerprint density at radius 3 is 0.810 bits per heavy atom. The molecule has 0 aliphatic carbocycles. The highest BCUT2D eigenvalue weighted by molar-refractivity contribution is 5.93. The largest absolute Gasteiger partial charge is 0.459 e. The summed E-state index contributed by atoms with van der Waals surface area (Å²) in [5, 5.41) is 11.1. The number of esters is 7. The summed E-state index contributed by atoms with van der Waals surface area (Å²) in [7, 11) is 0. The van der Waals surface area contributed by atoms with Gasteiger partial charge < -0.3 is 52.5 Å². The van der Waals surface area contributed by atoms with Gasteiger partial charge in [0.1, 0.15) is 18.8 Å². The average molecular weight is 1070 g/mol. The Bertz CT molecular complexity index is 3170. The molecule has 18 heteroatoms. The quantitative estimate of drug-likeness (QED) is 0.0642. The third kappa shape index (κ3) is 13.6. The van der Waals surface area contributed by atoms with Crippen LogP contribution >= 0.6 is 0 Å². The zero-order valence-corrected chi connectivity index (χ0v) is 41.8. The number of rotatable bonds is 18. The van der Waals surface area contributed by atoms with Gasteiger partial charge in [-0.3, -0.25) is 0 Å². The van der Waals surface area contributed by atoms with Crippen LogP contribution in [0.5, 0.6) is 0 Å². The monoisotopic (exact) mass is 1070 g/mol. The number of carbonyl (C=O) groups is 7. The van der Waals surface area contributed by atoms with E-state index in [4.69, 9.17) is 47.4 Å². The lowest BCUT2D eigenvalue weighted by Crippen LogP contribution is -2.67. The van der Waals surface area contributed by atoms with E-state index in [2.05, 4.69) is 0 Å². The summed E-state index contributed by atoms with van der Waals surface area (Å²) >= 11 is 0. The van der Waals surface area contributed by atoms with Crippen molar-refractivity contribution in [3.8, 4) is 0 Å². The summed E-state index contributed by atoms with van der Waals surface area (Å²) in [6, 6.07) is 54.0. The Kier molecular flexibility index (Phi) is 18.0. The molecule has 0 unspecified atom stereocenters. The molecule has 7 aromatic carbocycles. The van der Waals surface area contributed by atoms with Crippen LogP contribution in [0, 0.1) is 0 Å². The fourth-order valence-corrected chi connectivity index (χ4v) is 8.60. The van der Waals surface area contributed by atoms with Crippen LogP contribution in [0.4, 0.5) is 0 Å². The van der Waals surface area contributed by atoms with Crippen molar-refractivity contribution in [2.45, 2.75) is 61.4 Å². The Hall–Kier alpha value is -9.33. The van der Waals surface area contributed by atoms with E-state index in [1.165, 1.54) is 84.9 Å². The summed E-state index contributed by atoms with van der Waals surface area (Å²) in [6.45, 7) is -1.69. The van der Waals surface area contributed by atoms with Crippen LogP contribution in [0.1, 0.15) is 72.5 Å². The van der Waals surface area contributed by atoms with E-state index < -0.39 is 116 Å². The van der Waals surface area contributed by atoms with E-state index in [9.17, 15) is 38.7 Å². The van der Waals surface area contributed by atoms with Crippen LogP contribution in [0.3, 0.4) is 0 Å². The second kappa shape index (κ2) is 26.1. The minimum absolute atomic E-state index is 0.00339. The maximum absolute atomic E-state index is 14.4. The van der Waals surface area contributed by atoms with E-state index in [0.29, 0.717) is 0 Å². The molecule has 2 saturated heterocycles. The fraction of sp³-hybridized carbons (Fsp3) is 0.197. The molecule has 0 radical (unpaired) electrons. The van der Waals surface area contributed by atoms with Crippen molar-refractivity contribution in [2.24, 2.45) is 0 Å². The summed E-state index contributed by atoms with van der Waals surface area (Å²) in [5.41, 5.74) is 0.233. The first-order chi connectivity index (χ1) is 38.5. The third-order valence-electron chi connectivity index (χ3n) is 12.5. The highest BCUT2D eigenvalue weighted by atomic mass is 16.8. The maximum Gasteiger partial charge on any atom is 0.338 e. The lowest BCUT2D eigenvalue weighted by Gasteiger charge is -2.48. The van der Waals surface area contributed by atoms with Gasteiger partial charge in [-0.15, -0.1) is 0 Å². The minimum Gasteiger partial charge on any atom is -0.459 e. The van der Waals surface area contributed by atoms with Gasteiger partial charge in [0.05, 0.1) is 45.6 Å². The van der Waals surface area contributed by atoms with Gasteiger partial charge in [0.15, 0.2) is 36.6 Å². The number of aliphatic hydroxyl groups is 1. The van der Waals surface area contributed by atoms with Gasteiger partial charge in [-0.1, -0.05) is 127 Å². The van der Waals surface area contributed by atoms with Crippen LogP contribution in [-0.4, -0.2) is 122 Å². The first-order valence-electron chi connectivity index (χ1n) is 24.9. The van der Waals surface area contributed by atoms with Gasteiger partial charge in [0.2, 0.25) is 12.6 Å². The Balaban J connectivity index is 1.18. The molecule has 2 aliphatic heterocycles. The lowest BCUT2D eigenvalue weighted by molar-refractivity contribution is -0.373. The molecule has 7 aromatic rings. The second-order valence-corrected chi connectivity index (χ2v) is 17.8. The normalized spacial score (nSPS) is 22.4. The summed E-state index contributed by atoms with van der Waals surface area (Å²) in [6.07, 6.45) is -18.8. The highest BCUT2D eigenvalue weighted by Gasteiger charge is 2.58. The zero-order valence-electron chi connectivity index (χ0n) is 41.8. The van der Waals surface area contributed by atoms with Crippen molar-refractivity contribution in [3.63, 3.8) is 0 Å². The van der Waals surface area contributed by atoms with Crippen molar-refractivity contribution < 1.29 is 86.0 Å². The van der Waals surface area contributed by atoms with Crippen LogP contribution in [-0.2, 0) is 47.4 Å². The van der Waals surface area contributed by atoms with Crippen molar-refractivity contribution in [3.05, 3.63) is 251 Å². The topological polar surface area (TPSA) is 232 Å². The summed E-state index contributed by atoms with van der Waals surface area (Å²) < 4.78 is 62.5. The predicted molar refractivity (Wildman–Crippen MR) is 276 cm³/mol. The number of carbonyl (C=O) groups excluding carboxylic acids is 7. The number of hydrogen-bond donors (Lipinski definition) is 1. The summed E-state index contributed by atoms with van der Waals surface area (Å²) in [4.78, 5) is 99.1. The molecular weight excluding hydrogens is 1020 g/mol. The molecular formula is C61H50O18. The highest BCUT2D eigenvalue weighted by Crippen LogP contribution is 2.37. The van der Waals surface area contributed by atoms with E-state index in [1.54, 1.807) is 127 Å². The molecule has 10 atom stereocenters. The van der Waals surface area contributed by atoms with Crippen molar-refractivity contribution in [2.75, 3.05) is 13.2 Å². The first-order valence-corrected chi connectivity index (χ1v) is 24.9. The van der Waals surface area contributed by atoms with E-state index >= 15 is 0 Å². The third-order valence-corrected chi connectivity index (χ3v) is 12.5. The second-order valence-electron chi connectivity index (χ2n) is 17.8. The van der Waals surface area contributed by atoms with Gasteiger partial charge in [0, 0.05) is 0 Å². The van der Waals surface area contributed by atoms with Gasteiger partial charge in [-0.2, -0.15) is 0 Å². The van der Waals surface area contributed by atoms with Crippen LogP contribution < -0.4 is 0 Å². The number of hydrogen-bond acceptors (Lipinski definition) is 18. The fourth-order valence-electron chi connectivity index (χ4n) is 8.60. The molecule has 9 rings (SSSR count). The number of benzene rings is 7. The Morgan fingerprint density at radius 2 is 0.532 bits per heavy atom. The molecule has 0 aromatic heterocycles. The van der Waals surface area contributed by atoms with Crippen molar-refractivity contribution in [1.29, 1.82) is 0 Å². The van der Waals surface area contributed by atoms with E-state index in [0.717, 1.165) is 0 Å². The Morgan fingerprint density at radius 1 is 0.304 bits per heavy atom. The smallest absolute Gasteiger partial charge is 0.338 e. The van der Waals surface area contributed by atoms with Crippen LogP contribution in [0.2, 0.25) is 0 Å². The molecule has 0 spiro atoms. The molecule has 402 valence electrons. The lowest BCUT2D eigenvalue weighted by atomic mass is 9.96. The van der Waals surface area contributed by atoms with Gasteiger partial charge in [0.25, 0.3) is 0 Å². The van der Waals surface area contributed by atoms with Gasteiger partial charge in [-0.05, 0) is 84.9 Å². The van der Waals surface area contributed by atoms with Crippen LogP contribution in [0.25, 0.3) is 0 Å². The van der Waals surface area contributed by atoms with Crippen molar-refractivity contribution in [1.82, 2.24) is 0 Å². The zero-order chi connectivity index (χ0) is 55.1. The molecule has 2 heterocycles. The summed E-state index contributed by atoms with van der Waals surface area (Å²) in [5.74, 6) is -6.82. The molecule has 18 nitrogen and oxygen atoms in total. The van der Waals surface area contributed by atoms with Crippen molar-refractivity contribution >= 4 is 41.8 Å². The Labute approximate surface area is 452 Å². The maximum atomic E-state index is 14.4. The molecule has 79 heavy (non-hydrogen) atoms. The van der Waals surface area contributed by atoms with E-state index in [1.807, 2.05) is 0 Å². The first kappa shape index (κ1) is 54.5. The molecule has 2 fully saturated rings. The molecule has 0 saturated carbocycles. The molecule has 0 amide bonds. The average Bonchev–Trinajstić information content (AvgIpc) is 3.59.